The standard InChI is InChI=1S/C30H31FN4O2/c31-25-10-8-23(9-11-25)22-4-6-24(7-5-22)28(36)34-15-12-30(13-16-34)21-26(30)29(37)35-19-17-33(18-20-35)27-3-1-2-14-32-27/h1-11,14,26H,12-13,15-21H2/t26-/m0/s1. The van der Waals surface area contributed by atoms with Crippen LogP contribution in [-0.4, -0.2) is 65.9 Å². The summed E-state index contributed by atoms with van der Waals surface area (Å²) >= 11 is 0. The van der Waals surface area contributed by atoms with Gasteiger partial charge in [0, 0.05) is 56.9 Å². The normalized spacial score (nSPS) is 20.7. The van der Waals surface area contributed by atoms with E-state index in [0.29, 0.717) is 18.7 Å². The molecule has 0 unspecified atom stereocenters. The topological polar surface area (TPSA) is 56.8 Å². The molecule has 1 aliphatic carbocycles. The van der Waals surface area contributed by atoms with E-state index < -0.39 is 0 Å². The lowest BCUT2D eigenvalue weighted by Gasteiger charge is -2.37. The van der Waals surface area contributed by atoms with Crippen LogP contribution in [0.3, 0.4) is 0 Å². The molecule has 0 radical (unpaired) electrons. The third kappa shape index (κ3) is 4.70. The van der Waals surface area contributed by atoms with Gasteiger partial charge < -0.3 is 14.7 Å². The van der Waals surface area contributed by atoms with Crippen molar-refractivity contribution in [3.05, 3.63) is 84.3 Å². The third-order valence-electron chi connectivity index (χ3n) is 8.41. The minimum Gasteiger partial charge on any atom is -0.353 e. The van der Waals surface area contributed by atoms with E-state index in [9.17, 15) is 14.0 Å². The van der Waals surface area contributed by atoms with Crippen LogP contribution in [0.4, 0.5) is 10.2 Å². The van der Waals surface area contributed by atoms with E-state index in [4.69, 9.17) is 0 Å². The van der Waals surface area contributed by atoms with Crippen LogP contribution in [0.25, 0.3) is 11.1 Å². The molecular formula is C30H31FN4O2. The van der Waals surface area contributed by atoms with Crippen molar-refractivity contribution in [1.29, 1.82) is 0 Å². The zero-order valence-corrected chi connectivity index (χ0v) is 20.9. The van der Waals surface area contributed by atoms with Gasteiger partial charge in [-0.1, -0.05) is 30.3 Å². The van der Waals surface area contributed by atoms with Gasteiger partial charge in [0.15, 0.2) is 0 Å². The fraction of sp³-hybridized carbons (Fsp3) is 0.367. The van der Waals surface area contributed by atoms with Crippen molar-refractivity contribution in [3.8, 4) is 11.1 Å². The van der Waals surface area contributed by atoms with Crippen LogP contribution in [0.15, 0.2) is 72.9 Å². The molecule has 0 bridgehead atoms. The van der Waals surface area contributed by atoms with Gasteiger partial charge >= 0.3 is 0 Å². The average Bonchev–Trinajstić information content (AvgIpc) is 3.66. The van der Waals surface area contributed by atoms with Crippen LogP contribution in [0.2, 0.25) is 0 Å². The number of carbonyl (C=O) groups excluding carboxylic acids is 2. The van der Waals surface area contributed by atoms with Crippen LogP contribution in [0.5, 0.6) is 0 Å². The van der Waals surface area contributed by atoms with Crippen LogP contribution in [-0.2, 0) is 4.79 Å². The highest BCUT2D eigenvalue weighted by Gasteiger charge is 2.59. The summed E-state index contributed by atoms with van der Waals surface area (Å²) in [7, 11) is 0. The van der Waals surface area contributed by atoms with Crippen LogP contribution >= 0.6 is 0 Å². The molecule has 1 aromatic heterocycles. The predicted molar refractivity (Wildman–Crippen MR) is 141 cm³/mol. The Morgan fingerprint density at radius 1 is 0.784 bits per heavy atom. The lowest BCUT2D eigenvalue weighted by Crippen LogP contribution is -2.50. The summed E-state index contributed by atoms with van der Waals surface area (Å²) in [6.45, 7) is 4.47. The van der Waals surface area contributed by atoms with E-state index in [1.165, 1.54) is 12.1 Å². The Balaban J connectivity index is 1.01. The van der Waals surface area contributed by atoms with E-state index >= 15 is 0 Å². The number of rotatable bonds is 4. The summed E-state index contributed by atoms with van der Waals surface area (Å²) in [5.41, 5.74) is 2.60. The lowest BCUT2D eigenvalue weighted by molar-refractivity contribution is -0.134. The van der Waals surface area contributed by atoms with Crippen LogP contribution in [0.1, 0.15) is 29.6 Å². The summed E-state index contributed by atoms with van der Waals surface area (Å²) in [4.78, 5) is 37.0. The number of pyridine rings is 1. The largest absolute Gasteiger partial charge is 0.353 e. The predicted octanol–water partition coefficient (Wildman–Crippen LogP) is 4.48. The number of halogens is 1. The number of benzene rings is 2. The van der Waals surface area contributed by atoms with Gasteiger partial charge in [0.1, 0.15) is 11.6 Å². The molecule has 2 amide bonds. The molecule has 190 valence electrons. The summed E-state index contributed by atoms with van der Waals surface area (Å²) in [5.74, 6) is 1.13. The fourth-order valence-corrected chi connectivity index (χ4v) is 5.95. The van der Waals surface area contributed by atoms with Gasteiger partial charge in [-0.05, 0) is 72.2 Å². The highest BCUT2D eigenvalue weighted by molar-refractivity contribution is 5.95. The number of aromatic nitrogens is 1. The lowest BCUT2D eigenvalue weighted by atomic mass is 9.90. The summed E-state index contributed by atoms with van der Waals surface area (Å²) in [6, 6.07) is 19.8. The second-order valence-corrected chi connectivity index (χ2v) is 10.5. The van der Waals surface area contributed by atoms with Gasteiger partial charge in [-0.15, -0.1) is 0 Å². The van der Waals surface area contributed by atoms with Crippen LogP contribution in [0, 0.1) is 17.2 Å². The average molecular weight is 499 g/mol. The zero-order chi connectivity index (χ0) is 25.4. The van der Waals surface area contributed by atoms with E-state index in [1.54, 1.807) is 18.3 Å². The summed E-state index contributed by atoms with van der Waals surface area (Å²) < 4.78 is 13.2. The van der Waals surface area contributed by atoms with Crippen molar-refractivity contribution in [2.75, 3.05) is 44.2 Å². The number of carbonyl (C=O) groups is 2. The highest BCUT2D eigenvalue weighted by atomic mass is 19.1. The number of amides is 2. The molecule has 6 rings (SSSR count). The molecule has 3 fully saturated rings. The molecule has 6 nitrogen and oxygen atoms in total. The molecule has 2 aliphatic heterocycles. The fourth-order valence-electron chi connectivity index (χ4n) is 5.95. The van der Waals surface area contributed by atoms with Gasteiger partial charge in [0.05, 0.1) is 0 Å². The van der Waals surface area contributed by atoms with Crippen molar-refractivity contribution in [3.63, 3.8) is 0 Å². The number of likely N-dealkylation sites (tertiary alicyclic amines) is 1. The molecular weight excluding hydrogens is 467 g/mol. The number of hydrogen-bond acceptors (Lipinski definition) is 4. The van der Waals surface area contributed by atoms with Gasteiger partial charge in [-0.25, -0.2) is 9.37 Å². The smallest absolute Gasteiger partial charge is 0.253 e. The second kappa shape index (κ2) is 9.61. The molecule has 37 heavy (non-hydrogen) atoms. The van der Waals surface area contributed by atoms with Crippen molar-refractivity contribution in [1.82, 2.24) is 14.8 Å². The van der Waals surface area contributed by atoms with Crippen LogP contribution < -0.4 is 4.90 Å². The molecule has 1 saturated carbocycles. The molecule has 1 spiro atoms. The Labute approximate surface area is 216 Å². The van der Waals surface area contributed by atoms with Gasteiger partial charge in [0.25, 0.3) is 5.91 Å². The van der Waals surface area contributed by atoms with Crippen molar-refractivity contribution in [2.24, 2.45) is 11.3 Å². The summed E-state index contributed by atoms with van der Waals surface area (Å²) in [6.07, 6.45) is 4.52. The van der Waals surface area contributed by atoms with E-state index in [0.717, 1.165) is 62.4 Å². The van der Waals surface area contributed by atoms with Crippen molar-refractivity contribution >= 4 is 17.6 Å². The number of anilines is 1. The number of piperidine rings is 1. The highest BCUT2D eigenvalue weighted by Crippen LogP contribution is 2.60. The molecule has 0 N–H and O–H groups in total. The Kier molecular flexibility index (Phi) is 6.14. The molecule has 7 heteroatoms. The van der Waals surface area contributed by atoms with E-state index in [2.05, 4.69) is 9.88 Å². The van der Waals surface area contributed by atoms with Crippen molar-refractivity contribution in [2.45, 2.75) is 19.3 Å². The first-order chi connectivity index (χ1) is 18.0. The molecule has 2 aromatic carbocycles. The maximum absolute atomic E-state index is 13.3. The number of piperazine rings is 1. The Bertz CT molecular complexity index is 1260. The first-order valence-electron chi connectivity index (χ1n) is 13.1. The monoisotopic (exact) mass is 498 g/mol. The Hall–Kier alpha value is -3.74. The molecule has 2 saturated heterocycles. The second-order valence-electron chi connectivity index (χ2n) is 10.5. The quantitative estimate of drug-likeness (QED) is 0.532. The Morgan fingerprint density at radius 2 is 1.43 bits per heavy atom. The molecule has 3 aromatic rings. The first-order valence-corrected chi connectivity index (χ1v) is 13.1. The third-order valence-corrected chi connectivity index (χ3v) is 8.41. The maximum atomic E-state index is 13.3. The van der Waals surface area contributed by atoms with Gasteiger partial charge in [0.2, 0.25) is 5.91 Å². The van der Waals surface area contributed by atoms with E-state index in [1.807, 2.05) is 52.3 Å². The zero-order valence-electron chi connectivity index (χ0n) is 20.9. The van der Waals surface area contributed by atoms with Crippen molar-refractivity contribution < 1.29 is 14.0 Å². The molecule has 3 aliphatic rings. The number of hydrogen-bond donors (Lipinski definition) is 0. The SMILES string of the molecule is O=C(c1ccc(-c2ccc(F)cc2)cc1)N1CCC2(CC1)C[C@H]2C(=O)N1CCN(c2ccccn2)CC1. The Morgan fingerprint density at radius 3 is 2.05 bits per heavy atom. The maximum Gasteiger partial charge on any atom is 0.253 e. The van der Waals surface area contributed by atoms with E-state index in [-0.39, 0.29) is 29.0 Å². The summed E-state index contributed by atoms with van der Waals surface area (Å²) in [5, 5.41) is 0. The minimum atomic E-state index is -0.263. The minimum absolute atomic E-state index is 0.0367. The van der Waals surface area contributed by atoms with Gasteiger partial charge in [-0.2, -0.15) is 0 Å². The first kappa shape index (κ1) is 23.6. The molecule has 1 atom stereocenters. The number of nitrogens with zero attached hydrogens (tertiary/aromatic N) is 4. The van der Waals surface area contributed by atoms with Gasteiger partial charge in [-0.3, -0.25) is 9.59 Å². The molecule has 3 heterocycles.